The van der Waals surface area contributed by atoms with Gasteiger partial charge in [0.25, 0.3) is 0 Å². The van der Waals surface area contributed by atoms with E-state index in [0.29, 0.717) is 0 Å². The molecule has 5 rings (SSSR count). The molecule has 3 aliphatic rings. The van der Waals surface area contributed by atoms with Crippen molar-refractivity contribution in [3.8, 4) is 0 Å². The van der Waals surface area contributed by atoms with Crippen LogP contribution in [0.4, 0.5) is 0 Å². The van der Waals surface area contributed by atoms with Crippen molar-refractivity contribution in [1.29, 1.82) is 0 Å². The van der Waals surface area contributed by atoms with Gasteiger partial charge in [-0.25, -0.2) is 0 Å². The van der Waals surface area contributed by atoms with E-state index in [2.05, 4.69) is 36.9 Å². The van der Waals surface area contributed by atoms with Crippen LogP contribution in [-0.4, -0.2) is 30.8 Å². The van der Waals surface area contributed by atoms with Crippen molar-refractivity contribution in [2.45, 2.75) is 25.7 Å². The Morgan fingerprint density at radius 3 is 1.72 bits per heavy atom. The van der Waals surface area contributed by atoms with Gasteiger partial charge in [0.15, 0.2) is 0 Å². The predicted molar refractivity (Wildman–Crippen MR) is 96.9 cm³/mol. The van der Waals surface area contributed by atoms with Crippen LogP contribution in [0.15, 0.2) is 60.7 Å². The standard InChI is InChI=1S/C10H8N2.C7H10.C2H2N4/c1-2-4-6-10-8-12-11-7-9(10)5-3-1;1-2-7-4-3-6(1)5-7;1-2-4-6-5-3-1/h1-8H;1,7H,2-5H2;1-2H/b2-1?,3-1?,4-2?,5-3-,6-4?,9-5?,10-6?;;. The van der Waals surface area contributed by atoms with Crippen LogP contribution in [-0.2, 0) is 0 Å². The molecule has 2 aromatic heterocycles. The molecule has 1 unspecified atom stereocenters. The maximum Gasteiger partial charge on any atom is 0.0716 e. The first-order chi connectivity index (χ1) is 12.4. The van der Waals surface area contributed by atoms with Crippen LogP contribution in [0, 0.1) is 5.92 Å². The molecular weight excluding hydrogens is 312 g/mol. The third-order valence-corrected chi connectivity index (χ3v) is 4.19. The number of fused-ring (bicyclic) bond motifs is 3. The first-order valence-corrected chi connectivity index (χ1v) is 8.37. The van der Waals surface area contributed by atoms with Gasteiger partial charge in [0.2, 0.25) is 0 Å². The fraction of sp³-hybridized carbons (Fsp3) is 0.263. The Morgan fingerprint density at radius 1 is 0.760 bits per heavy atom. The average Bonchev–Trinajstić information content (AvgIpc) is 3.31. The second-order valence-electron chi connectivity index (χ2n) is 5.92. The second-order valence-corrected chi connectivity index (χ2v) is 5.92. The Labute approximate surface area is 147 Å². The third-order valence-electron chi connectivity index (χ3n) is 4.19. The molecule has 0 amide bonds. The summed E-state index contributed by atoms with van der Waals surface area (Å²) in [6, 6.07) is 0. The molecule has 25 heavy (non-hydrogen) atoms. The minimum Gasteiger partial charge on any atom is -0.158 e. The van der Waals surface area contributed by atoms with E-state index in [9.17, 15) is 0 Å². The Balaban J connectivity index is 0.000000119. The molecule has 0 radical (unpaired) electrons. The van der Waals surface area contributed by atoms with Gasteiger partial charge in [-0.3, -0.25) is 0 Å². The molecule has 1 fully saturated rings. The molecule has 2 heterocycles. The summed E-state index contributed by atoms with van der Waals surface area (Å²) < 4.78 is 0. The molecule has 2 aromatic rings. The lowest BCUT2D eigenvalue weighted by atomic mass is 10.1. The molecular formula is C19H20N6. The molecule has 2 bridgehead atoms. The number of hydrogen-bond donors (Lipinski definition) is 0. The van der Waals surface area contributed by atoms with Crippen LogP contribution in [0.1, 0.15) is 36.8 Å². The predicted octanol–water partition coefficient (Wildman–Crippen LogP) is 3.46. The second kappa shape index (κ2) is 9.32. The Morgan fingerprint density at radius 2 is 1.40 bits per heavy atom. The molecule has 3 aliphatic carbocycles. The highest BCUT2D eigenvalue weighted by Crippen LogP contribution is 2.38. The van der Waals surface area contributed by atoms with E-state index in [-0.39, 0.29) is 0 Å². The topological polar surface area (TPSA) is 77.3 Å². The van der Waals surface area contributed by atoms with Crippen LogP contribution in [0.3, 0.4) is 0 Å². The van der Waals surface area contributed by atoms with Crippen LogP contribution < -0.4 is 0 Å². The summed E-state index contributed by atoms with van der Waals surface area (Å²) in [5, 5.41) is 20.7. The monoisotopic (exact) mass is 332 g/mol. The lowest BCUT2D eigenvalue weighted by Crippen LogP contribution is -1.86. The van der Waals surface area contributed by atoms with Gasteiger partial charge in [-0.05, 0) is 42.0 Å². The molecule has 6 nitrogen and oxygen atoms in total. The highest BCUT2D eigenvalue weighted by Gasteiger charge is 2.22. The molecule has 0 saturated heterocycles. The fourth-order valence-corrected chi connectivity index (χ4v) is 2.92. The fourth-order valence-electron chi connectivity index (χ4n) is 2.92. The van der Waals surface area contributed by atoms with Gasteiger partial charge in [-0.2, -0.15) is 10.2 Å². The van der Waals surface area contributed by atoms with Crippen molar-refractivity contribution >= 4 is 12.2 Å². The molecule has 0 aliphatic heterocycles. The number of nitrogens with zero attached hydrogens (tertiary/aromatic N) is 6. The maximum atomic E-state index is 3.81. The number of aromatic nitrogens is 6. The highest BCUT2D eigenvalue weighted by molar-refractivity contribution is 5.66. The van der Waals surface area contributed by atoms with Crippen molar-refractivity contribution in [2.75, 3.05) is 0 Å². The molecule has 1 atom stereocenters. The van der Waals surface area contributed by atoms with Gasteiger partial charge in [0.05, 0.1) is 24.8 Å². The zero-order chi connectivity index (χ0) is 17.2. The van der Waals surface area contributed by atoms with Crippen LogP contribution in [0.5, 0.6) is 0 Å². The number of rotatable bonds is 0. The van der Waals surface area contributed by atoms with E-state index in [4.69, 9.17) is 0 Å². The summed E-state index contributed by atoms with van der Waals surface area (Å²) in [5.74, 6) is 1.08. The van der Waals surface area contributed by atoms with Crippen molar-refractivity contribution < 1.29 is 0 Å². The summed E-state index contributed by atoms with van der Waals surface area (Å²) >= 11 is 0. The first-order valence-electron chi connectivity index (χ1n) is 8.37. The molecule has 0 N–H and O–H groups in total. The minimum atomic E-state index is 1.08. The van der Waals surface area contributed by atoms with E-state index in [1.54, 1.807) is 18.0 Å². The van der Waals surface area contributed by atoms with Gasteiger partial charge in [0.1, 0.15) is 0 Å². The zero-order valence-corrected chi connectivity index (χ0v) is 13.9. The van der Waals surface area contributed by atoms with Gasteiger partial charge in [-0.1, -0.05) is 48.1 Å². The Hall–Kier alpha value is -3.02. The van der Waals surface area contributed by atoms with Crippen molar-refractivity contribution in [1.82, 2.24) is 30.8 Å². The largest absolute Gasteiger partial charge is 0.158 e. The zero-order valence-electron chi connectivity index (χ0n) is 13.9. The van der Waals surface area contributed by atoms with Crippen molar-refractivity contribution in [3.63, 3.8) is 0 Å². The van der Waals surface area contributed by atoms with E-state index in [1.165, 1.54) is 38.1 Å². The molecule has 0 spiro atoms. The van der Waals surface area contributed by atoms with E-state index in [0.717, 1.165) is 17.0 Å². The SMILES string of the molecule is C1=C/C=C\c2cnncc2C=C1.C1=C2CCC(C1)C2.c1cnnnn1. The third kappa shape index (κ3) is 5.53. The molecule has 6 heteroatoms. The average molecular weight is 332 g/mol. The van der Waals surface area contributed by atoms with E-state index in [1.807, 2.05) is 36.5 Å². The number of hydrogen-bond acceptors (Lipinski definition) is 6. The molecule has 1 saturated carbocycles. The normalized spacial score (nSPS) is 20.0. The summed E-state index contributed by atoms with van der Waals surface area (Å²) in [6.07, 6.45) is 26.6. The summed E-state index contributed by atoms with van der Waals surface area (Å²) in [5.41, 5.74) is 3.95. The Bertz CT molecular complexity index is 718. The quantitative estimate of drug-likeness (QED) is 0.688. The van der Waals surface area contributed by atoms with Crippen molar-refractivity contribution in [2.24, 2.45) is 5.92 Å². The molecule has 0 aromatic carbocycles. The lowest BCUT2D eigenvalue weighted by molar-refractivity contribution is 0.576. The summed E-state index contributed by atoms with van der Waals surface area (Å²) in [7, 11) is 0. The van der Waals surface area contributed by atoms with E-state index >= 15 is 0 Å². The van der Waals surface area contributed by atoms with Crippen LogP contribution in [0.25, 0.3) is 12.2 Å². The maximum absolute atomic E-state index is 3.81. The van der Waals surface area contributed by atoms with Gasteiger partial charge in [-0.15, -0.1) is 10.2 Å². The van der Waals surface area contributed by atoms with Gasteiger partial charge >= 0.3 is 0 Å². The molecule has 126 valence electrons. The van der Waals surface area contributed by atoms with Gasteiger partial charge in [0, 0.05) is 11.1 Å². The van der Waals surface area contributed by atoms with Gasteiger partial charge < -0.3 is 0 Å². The van der Waals surface area contributed by atoms with E-state index < -0.39 is 0 Å². The van der Waals surface area contributed by atoms with Crippen LogP contribution >= 0.6 is 0 Å². The summed E-state index contributed by atoms with van der Waals surface area (Å²) in [4.78, 5) is 0. The minimum absolute atomic E-state index is 1.08. The lowest BCUT2D eigenvalue weighted by Gasteiger charge is -1.98. The number of allylic oxidation sites excluding steroid dienone is 6. The summed E-state index contributed by atoms with van der Waals surface area (Å²) in [6.45, 7) is 0. The van der Waals surface area contributed by atoms with Crippen LogP contribution in [0.2, 0.25) is 0 Å². The highest BCUT2D eigenvalue weighted by atomic mass is 15.4. The Kier molecular flexibility index (Phi) is 6.27. The smallest absolute Gasteiger partial charge is 0.0716 e. The van der Waals surface area contributed by atoms with Crippen molar-refractivity contribution in [3.05, 3.63) is 71.9 Å². The first kappa shape index (κ1) is 16.8.